The van der Waals surface area contributed by atoms with Gasteiger partial charge in [0.05, 0.1) is 20.6 Å². The Labute approximate surface area is 141 Å². The van der Waals surface area contributed by atoms with Crippen molar-refractivity contribution in [1.82, 2.24) is 10.6 Å². The predicted molar refractivity (Wildman–Crippen MR) is 84.5 cm³/mol. The lowest BCUT2D eigenvalue weighted by Gasteiger charge is -2.11. The molecule has 0 heterocycles. The van der Waals surface area contributed by atoms with Gasteiger partial charge in [0.25, 0.3) is 5.91 Å². The highest BCUT2D eigenvalue weighted by Crippen LogP contribution is 2.33. The molecule has 1 aromatic rings. The second-order valence-electron chi connectivity index (χ2n) is 4.26. The SMILES string of the molecule is CNC(=O)NC(=O)COC(=O)Cc1cc(OC)c(OC)cc1Br. The lowest BCUT2D eigenvalue weighted by atomic mass is 10.1. The second-order valence-corrected chi connectivity index (χ2v) is 5.12. The molecule has 23 heavy (non-hydrogen) atoms. The zero-order chi connectivity index (χ0) is 17.4. The molecular formula is C14H17BrN2O6. The number of amides is 3. The highest BCUT2D eigenvalue weighted by molar-refractivity contribution is 9.10. The van der Waals surface area contributed by atoms with Gasteiger partial charge >= 0.3 is 12.0 Å². The third-order valence-electron chi connectivity index (χ3n) is 2.73. The molecule has 8 nitrogen and oxygen atoms in total. The number of esters is 1. The summed E-state index contributed by atoms with van der Waals surface area (Å²) in [6.07, 6.45) is -0.0752. The van der Waals surface area contributed by atoms with Gasteiger partial charge in [0.2, 0.25) is 0 Å². The predicted octanol–water partition coefficient (Wildman–Crippen LogP) is 1.01. The van der Waals surface area contributed by atoms with Crippen molar-refractivity contribution in [2.75, 3.05) is 27.9 Å². The van der Waals surface area contributed by atoms with Crippen molar-refractivity contribution < 1.29 is 28.6 Å². The van der Waals surface area contributed by atoms with Gasteiger partial charge in [-0.1, -0.05) is 15.9 Å². The summed E-state index contributed by atoms with van der Waals surface area (Å²) >= 11 is 3.33. The molecule has 1 aromatic carbocycles. The van der Waals surface area contributed by atoms with Crippen LogP contribution in [0.1, 0.15) is 5.56 Å². The molecule has 9 heteroatoms. The first-order valence-corrected chi connectivity index (χ1v) is 7.28. The van der Waals surface area contributed by atoms with Crippen LogP contribution in [0.2, 0.25) is 0 Å². The van der Waals surface area contributed by atoms with E-state index in [4.69, 9.17) is 14.2 Å². The number of imide groups is 1. The van der Waals surface area contributed by atoms with Gasteiger partial charge in [0.1, 0.15) is 0 Å². The molecule has 0 aliphatic carbocycles. The summed E-state index contributed by atoms with van der Waals surface area (Å²) < 4.78 is 15.8. The van der Waals surface area contributed by atoms with Gasteiger partial charge in [0, 0.05) is 11.5 Å². The van der Waals surface area contributed by atoms with Crippen molar-refractivity contribution >= 4 is 33.8 Å². The fraction of sp³-hybridized carbons (Fsp3) is 0.357. The number of carbonyl (C=O) groups is 3. The molecule has 0 aromatic heterocycles. The fourth-order valence-corrected chi connectivity index (χ4v) is 2.07. The van der Waals surface area contributed by atoms with E-state index in [0.717, 1.165) is 0 Å². The number of ether oxygens (including phenoxy) is 3. The van der Waals surface area contributed by atoms with Crippen LogP contribution in [0.4, 0.5) is 4.79 Å². The molecule has 0 saturated heterocycles. The molecule has 0 saturated carbocycles. The van der Waals surface area contributed by atoms with Gasteiger partial charge in [-0.3, -0.25) is 14.9 Å². The van der Waals surface area contributed by atoms with Crippen LogP contribution < -0.4 is 20.1 Å². The van der Waals surface area contributed by atoms with Crippen LogP contribution in [0, 0.1) is 0 Å². The standard InChI is InChI=1S/C14H17BrN2O6/c1-16-14(20)17-12(18)7-23-13(19)5-8-4-10(21-2)11(22-3)6-9(8)15/h4,6H,5,7H2,1-3H3,(H2,16,17,18,20). The van der Waals surface area contributed by atoms with E-state index in [2.05, 4.69) is 21.2 Å². The van der Waals surface area contributed by atoms with Crippen molar-refractivity contribution in [3.63, 3.8) is 0 Å². The highest BCUT2D eigenvalue weighted by Gasteiger charge is 2.15. The number of carbonyl (C=O) groups excluding carboxylic acids is 3. The van der Waals surface area contributed by atoms with Gasteiger partial charge in [-0.15, -0.1) is 0 Å². The molecule has 126 valence electrons. The monoisotopic (exact) mass is 388 g/mol. The van der Waals surface area contributed by atoms with Gasteiger partial charge in [-0.2, -0.15) is 0 Å². The molecule has 0 bridgehead atoms. The summed E-state index contributed by atoms with van der Waals surface area (Å²) in [5, 5.41) is 4.19. The number of benzene rings is 1. The normalized spacial score (nSPS) is 9.74. The zero-order valence-corrected chi connectivity index (χ0v) is 14.5. The van der Waals surface area contributed by atoms with E-state index in [-0.39, 0.29) is 6.42 Å². The number of hydrogen-bond acceptors (Lipinski definition) is 6. The number of hydrogen-bond donors (Lipinski definition) is 2. The first kappa shape index (κ1) is 18.8. The molecule has 0 spiro atoms. The Bertz CT molecular complexity index is 605. The first-order chi connectivity index (χ1) is 10.9. The maximum absolute atomic E-state index is 11.8. The van der Waals surface area contributed by atoms with Gasteiger partial charge < -0.3 is 19.5 Å². The summed E-state index contributed by atoms with van der Waals surface area (Å²) in [5.41, 5.74) is 0.611. The number of rotatable bonds is 6. The van der Waals surface area contributed by atoms with Crippen LogP contribution in [-0.2, 0) is 20.7 Å². The van der Waals surface area contributed by atoms with Crippen LogP contribution in [0.5, 0.6) is 11.5 Å². The number of urea groups is 1. The van der Waals surface area contributed by atoms with E-state index in [1.54, 1.807) is 12.1 Å². The van der Waals surface area contributed by atoms with E-state index >= 15 is 0 Å². The van der Waals surface area contributed by atoms with Crippen LogP contribution in [0.25, 0.3) is 0 Å². The second kappa shape index (κ2) is 8.99. The zero-order valence-electron chi connectivity index (χ0n) is 12.9. The number of methoxy groups -OCH3 is 2. The van der Waals surface area contributed by atoms with Gasteiger partial charge in [-0.25, -0.2) is 4.79 Å². The molecule has 0 aliphatic rings. The lowest BCUT2D eigenvalue weighted by Crippen LogP contribution is -2.39. The van der Waals surface area contributed by atoms with E-state index < -0.39 is 24.5 Å². The first-order valence-electron chi connectivity index (χ1n) is 6.48. The minimum atomic E-state index is -0.718. The largest absolute Gasteiger partial charge is 0.493 e. The molecular weight excluding hydrogens is 372 g/mol. The molecule has 0 fully saturated rings. The van der Waals surface area contributed by atoms with Crippen molar-refractivity contribution in [3.8, 4) is 11.5 Å². The Morgan fingerprint density at radius 2 is 1.74 bits per heavy atom. The van der Waals surface area contributed by atoms with E-state index in [1.165, 1.54) is 21.3 Å². The minimum absolute atomic E-state index is 0.0752. The van der Waals surface area contributed by atoms with Gasteiger partial charge in [-0.05, 0) is 17.7 Å². The van der Waals surface area contributed by atoms with Crippen LogP contribution in [-0.4, -0.2) is 45.8 Å². The molecule has 2 N–H and O–H groups in total. The van der Waals surface area contributed by atoms with Crippen molar-refractivity contribution in [1.29, 1.82) is 0 Å². The molecule has 3 amide bonds. The summed E-state index contributed by atoms with van der Waals surface area (Å²) in [6.45, 7) is -0.544. The molecule has 0 aliphatic heterocycles. The quantitative estimate of drug-likeness (QED) is 0.704. The lowest BCUT2D eigenvalue weighted by molar-refractivity contribution is -0.147. The third-order valence-corrected chi connectivity index (χ3v) is 3.47. The summed E-state index contributed by atoms with van der Waals surface area (Å²) in [6, 6.07) is 2.63. The molecule has 0 atom stereocenters. The third kappa shape index (κ3) is 5.78. The fourth-order valence-electron chi connectivity index (χ4n) is 1.61. The van der Waals surface area contributed by atoms with Crippen molar-refractivity contribution in [2.24, 2.45) is 0 Å². The molecule has 0 radical (unpaired) electrons. The average molecular weight is 389 g/mol. The summed E-state index contributed by atoms with van der Waals surface area (Å²) in [7, 11) is 4.35. The maximum Gasteiger partial charge on any atom is 0.321 e. The smallest absolute Gasteiger partial charge is 0.321 e. The Hall–Kier alpha value is -2.29. The number of nitrogens with one attached hydrogen (secondary N) is 2. The van der Waals surface area contributed by atoms with Crippen molar-refractivity contribution in [3.05, 3.63) is 22.2 Å². The minimum Gasteiger partial charge on any atom is -0.493 e. The van der Waals surface area contributed by atoms with E-state index in [1.807, 2.05) is 5.32 Å². The average Bonchev–Trinajstić information content (AvgIpc) is 2.54. The Balaban J connectivity index is 2.64. The summed E-state index contributed by atoms with van der Waals surface area (Å²) in [4.78, 5) is 34.0. The van der Waals surface area contributed by atoms with Gasteiger partial charge in [0.15, 0.2) is 18.1 Å². The van der Waals surface area contributed by atoms with E-state index in [0.29, 0.717) is 21.5 Å². The molecule has 0 unspecified atom stereocenters. The van der Waals surface area contributed by atoms with Crippen LogP contribution >= 0.6 is 15.9 Å². The topological polar surface area (TPSA) is 103 Å². The maximum atomic E-state index is 11.8. The van der Waals surface area contributed by atoms with E-state index in [9.17, 15) is 14.4 Å². The highest BCUT2D eigenvalue weighted by atomic mass is 79.9. The number of halogens is 1. The Morgan fingerprint density at radius 1 is 1.13 bits per heavy atom. The van der Waals surface area contributed by atoms with Crippen molar-refractivity contribution in [2.45, 2.75) is 6.42 Å². The Kier molecular flexibility index (Phi) is 7.33. The van der Waals surface area contributed by atoms with Crippen LogP contribution in [0.15, 0.2) is 16.6 Å². The van der Waals surface area contributed by atoms with Crippen LogP contribution in [0.3, 0.4) is 0 Å². The molecule has 1 rings (SSSR count). The summed E-state index contributed by atoms with van der Waals surface area (Å²) in [5.74, 6) is -0.355. The Morgan fingerprint density at radius 3 is 2.30 bits per heavy atom.